The molecule has 0 bridgehead atoms. The highest BCUT2D eigenvalue weighted by atomic mass is 15.1. The number of aromatic nitrogens is 1. The van der Waals surface area contributed by atoms with Gasteiger partial charge in [0, 0.05) is 6.20 Å². The molecule has 1 aliphatic rings. The summed E-state index contributed by atoms with van der Waals surface area (Å²) in [6, 6.07) is 6.17. The number of pyridine rings is 1. The van der Waals surface area contributed by atoms with Crippen LogP contribution in [0.15, 0.2) is 24.4 Å². The van der Waals surface area contributed by atoms with Crippen LogP contribution in [-0.4, -0.2) is 37.1 Å². The van der Waals surface area contributed by atoms with E-state index in [1.54, 1.807) is 0 Å². The second kappa shape index (κ2) is 4.29. The largest absolute Gasteiger partial charge is 0.309 e. The van der Waals surface area contributed by atoms with Crippen LogP contribution >= 0.6 is 0 Å². The Kier molecular flexibility index (Phi) is 3.03. The molecule has 0 aromatic carbocycles. The van der Waals surface area contributed by atoms with E-state index in [0.717, 1.165) is 25.9 Å². The highest BCUT2D eigenvalue weighted by Gasteiger charge is 2.34. The minimum Gasteiger partial charge on any atom is -0.309 e. The standard InChI is InChI=1S/C12H19N3/c1-13-12(6-9-15(2)10-7-12)11-5-3-4-8-14-11/h3-5,8,13H,6-7,9-10H2,1-2H3. The quantitative estimate of drug-likeness (QED) is 0.787. The van der Waals surface area contributed by atoms with E-state index in [-0.39, 0.29) is 5.54 Å². The molecule has 1 aromatic rings. The van der Waals surface area contributed by atoms with Gasteiger partial charge in [-0.3, -0.25) is 4.98 Å². The van der Waals surface area contributed by atoms with Gasteiger partial charge in [-0.25, -0.2) is 0 Å². The summed E-state index contributed by atoms with van der Waals surface area (Å²) in [5.41, 5.74) is 1.27. The van der Waals surface area contributed by atoms with E-state index >= 15 is 0 Å². The van der Waals surface area contributed by atoms with Crippen molar-refractivity contribution in [2.75, 3.05) is 27.2 Å². The van der Waals surface area contributed by atoms with Crippen LogP contribution in [0.2, 0.25) is 0 Å². The van der Waals surface area contributed by atoms with Crippen molar-refractivity contribution in [2.24, 2.45) is 0 Å². The molecule has 2 heterocycles. The average molecular weight is 205 g/mol. The fourth-order valence-corrected chi connectivity index (χ4v) is 2.28. The molecule has 2 rings (SSSR count). The van der Waals surface area contributed by atoms with Crippen molar-refractivity contribution in [3.63, 3.8) is 0 Å². The zero-order chi connectivity index (χ0) is 10.7. The van der Waals surface area contributed by atoms with Crippen molar-refractivity contribution < 1.29 is 0 Å². The number of hydrogen-bond acceptors (Lipinski definition) is 3. The second-order valence-electron chi connectivity index (χ2n) is 4.35. The number of piperidine rings is 1. The summed E-state index contributed by atoms with van der Waals surface area (Å²) in [4.78, 5) is 6.86. The third-order valence-electron chi connectivity index (χ3n) is 3.47. The maximum absolute atomic E-state index is 4.49. The Hall–Kier alpha value is -0.930. The fourth-order valence-electron chi connectivity index (χ4n) is 2.28. The highest BCUT2D eigenvalue weighted by Crippen LogP contribution is 2.30. The molecule has 1 aromatic heterocycles. The van der Waals surface area contributed by atoms with Crippen molar-refractivity contribution in [1.82, 2.24) is 15.2 Å². The van der Waals surface area contributed by atoms with Gasteiger partial charge in [-0.1, -0.05) is 6.07 Å². The summed E-state index contributed by atoms with van der Waals surface area (Å²) >= 11 is 0. The lowest BCUT2D eigenvalue weighted by Gasteiger charge is -2.40. The van der Waals surface area contributed by atoms with Crippen LogP contribution in [0.3, 0.4) is 0 Å². The van der Waals surface area contributed by atoms with Gasteiger partial charge in [-0.15, -0.1) is 0 Å². The topological polar surface area (TPSA) is 28.2 Å². The predicted octanol–water partition coefficient (Wildman–Crippen LogP) is 1.22. The van der Waals surface area contributed by atoms with Gasteiger partial charge in [0.05, 0.1) is 11.2 Å². The molecule has 3 nitrogen and oxygen atoms in total. The van der Waals surface area contributed by atoms with Crippen molar-refractivity contribution in [2.45, 2.75) is 18.4 Å². The number of rotatable bonds is 2. The van der Waals surface area contributed by atoms with Gasteiger partial charge in [-0.05, 0) is 52.2 Å². The Morgan fingerprint density at radius 3 is 2.60 bits per heavy atom. The van der Waals surface area contributed by atoms with E-state index in [9.17, 15) is 0 Å². The molecule has 1 saturated heterocycles. The highest BCUT2D eigenvalue weighted by molar-refractivity contribution is 5.17. The lowest BCUT2D eigenvalue weighted by molar-refractivity contribution is 0.161. The first-order valence-corrected chi connectivity index (χ1v) is 5.56. The molecule has 0 unspecified atom stereocenters. The van der Waals surface area contributed by atoms with Gasteiger partial charge in [0.2, 0.25) is 0 Å². The summed E-state index contributed by atoms with van der Waals surface area (Å²) in [5.74, 6) is 0. The summed E-state index contributed by atoms with van der Waals surface area (Å²) in [5, 5.41) is 3.47. The second-order valence-corrected chi connectivity index (χ2v) is 4.35. The van der Waals surface area contributed by atoms with Crippen LogP contribution in [0.4, 0.5) is 0 Å². The fraction of sp³-hybridized carbons (Fsp3) is 0.583. The number of nitrogens with one attached hydrogen (secondary N) is 1. The molecule has 0 aliphatic carbocycles. The summed E-state index contributed by atoms with van der Waals surface area (Å²) in [7, 11) is 4.22. The molecule has 15 heavy (non-hydrogen) atoms. The normalized spacial score (nSPS) is 21.5. The third-order valence-corrected chi connectivity index (χ3v) is 3.47. The molecule has 0 spiro atoms. The van der Waals surface area contributed by atoms with Crippen LogP contribution < -0.4 is 5.32 Å². The molecular weight excluding hydrogens is 186 g/mol. The molecule has 3 heteroatoms. The van der Waals surface area contributed by atoms with Gasteiger partial charge >= 0.3 is 0 Å². The molecule has 0 saturated carbocycles. The summed E-state index contributed by atoms with van der Waals surface area (Å²) < 4.78 is 0. The van der Waals surface area contributed by atoms with Gasteiger partial charge in [0.15, 0.2) is 0 Å². The lowest BCUT2D eigenvalue weighted by atomic mass is 9.84. The van der Waals surface area contributed by atoms with Crippen LogP contribution in [-0.2, 0) is 5.54 Å². The number of likely N-dealkylation sites (tertiary alicyclic amines) is 1. The summed E-state index contributed by atoms with van der Waals surface area (Å²) in [6.45, 7) is 2.27. The van der Waals surface area contributed by atoms with Crippen LogP contribution in [0.25, 0.3) is 0 Å². The van der Waals surface area contributed by atoms with E-state index in [0.29, 0.717) is 0 Å². The van der Waals surface area contributed by atoms with Crippen molar-refractivity contribution in [3.8, 4) is 0 Å². The van der Waals surface area contributed by atoms with E-state index in [4.69, 9.17) is 0 Å². The Morgan fingerprint density at radius 2 is 2.07 bits per heavy atom. The zero-order valence-electron chi connectivity index (χ0n) is 9.53. The first-order valence-electron chi connectivity index (χ1n) is 5.56. The van der Waals surface area contributed by atoms with E-state index < -0.39 is 0 Å². The molecule has 0 atom stereocenters. The first kappa shape index (κ1) is 10.6. The van der Waals surface area contributed by atoms with Gasteiger partial charge in [-0.2, -0.15) is 0 Å². The van der Waals surface area contributed by atoms with Crippen molar-refractivity contribution in [3.05, 3.63) is 30.1 Å². The van der Waals surface area contributed by atoms with Crippen LogP contribution in [0.5, 0.6) is 0 Å². The van der Waals surface area contributed by atoms with E-state index in [1.807, 2.05) is 19.3 Å². The Bertz CT molecular complexity index is 302. The van der Waals surface area contributed by atoms with E-state index in [2.05, 4.69) is 34.4 Å². The number of hydrogen-bond donors (Lipinski definition) is 1. The molecule has 0 radical (unpaired) electrons. The lowest BCUT2D eigenvalue weighted by Crippen LogP contribution is -2.49. The van der Waals surface area contributed by atoms with Crippen LogP contribution in [0, 0.1) is 0 Å². The zero-order valence-corrected chi connectivity index (χ0v) is 9.53. The smallest absolute Gasteiger partial charge is 0.0630 e. The molecule has 1 aliphatic heterocycles. The first-order chi connectivity index (χ1) is 7.27. The van der Waals surface area contributed by atoms with Crippen molar-refractivity contribution in [1.29, 1.82) is 0 Å². The third kappa shape index (κ3) is 2.03. The maximum atomic E-state index is 4.49. The minimum absolute atomic E-state index is 0.0910. The molecule has 0 amide bonds. The minimum atomic E-state index is 0.0910. The summed E-state index contributed by atoms with van der Waals surface area (Å²) in [6.07, 6.45) is 4.15. The number of nitrogens with zero attached hydrogens (tertiary/aromatic N) is 2. The predicted molar refractivity (Wildman–Crippen MR) is 61.7 cm³/mol. The Labute approximate surface area is 91.5 Å². The average Bonchev–Trinajstić information content (AvgIpc) is 2.32. The molecular formula is C12H19N3. The van der Waals surface area contributed by atoms with E-state index in [1.165, 1.54) is 5.69 Å². The van der Waals surface area contributed by atoms with Crippen LogP contribution in [0.1, 0.15) is 18.5 Å². The SMILES string of the molecule is CNC1(c2ccccn2)CCN(C)CC1. The molecule has 82 valence electrons. The van der Waals surface area contributed by atoms with Gasteiger partial charge in [0.25, 0.3) is 0 Å². The Morgan fingerprint density at radius 1 is 1.33 bits per heavy atom. The monoisotopic (exact) mass is 205 g/mol. The molecule has 1 fully saturated rings. The Balaban J connectivity index is 2.23. The van der Waals surface area contributed by atoms with Gasteiger partial charge in [0.1, 0.15) is 0 Å². The maximum Gasteiger partial charge on any atom is 0.0630 e. The van der Waals surface area contributed by atoms with Crippen molar-refractivity contribution >= 4 is 0 Å². The molecule has 1 N–H and O–H groups in total. The van der Waals surface area contributed by atoms with Gasteiger partial charge < -0.3 is 10.2 Å².